The number of amides is 3. The zero-order valence-electron chi connectivity index (χ0n) is 15.1. The molecule has 0 heterocycles. The fourth-order valence-electron chi connectivity index (χ4n) is 1.91. The van der Waals surface area contributed by atoms with Crippen LogP contribution in [0.1, 0.15) is 26.3 Å². The van der Waals surface area contributed by atoms with Gasteiger partial charge in [-0.2, -0.15) is 0 Å². The van der Waals surface area contributed by atoms with E-state index in [1.165, 1.54) is 11.9 Å². The van der Waals surface area contributed by atoms with Gasteiger partial charge in [-0.3, -0.25) is 14.9 Å². The van der Waals surface area contributed by atoms with Crippen molar-refractivity contribution in [2.45, 2.75) is 32.9 Å². The Morgan fingerprint density at radius 2 is 1.88 bits per heavy atom. The molecule has 7 heteroatoms. The molecule has 0 bridgehead atoms. The highest BCUT2D eigenvalue weighted by molar-refractivity contribution is 5.90. The van der Waals surface area contributed by atoms with E-state index in [-0.39, 0.29) is 24.9 Å². The Morgan fingerprint density at radius 1 is 1.24 bits per heavy atom. The van der Waals surface area contributed by atoms with Gasteiger partial charge in [0.15, 0.2) is 0 Å². The summed E-state index contributed by atoms with van der Waals surface area (Å²) in [6.07, 6.45) is 0.579. The number of hydrogen-bond acceptors (Lipinski definition) is 4. The molecule has 136 valence electrons. The first kappa shape index (κ1) is 20.2. The number of nitrogens with one attached hydrogen (secondary N) is 2. The Kier molecular flexibility index (Phi) is 7.17. The molecule has 1 rings (SSSR count). The van der Waals surface area contributed by atoms with Crippen molar-refractivity contribution >= 4 is 23.6 Å². The highest BCUT2D eigenvalue weighted by atomic mass is 16.6. The van der Waals surface area contributed by atoms with E-state index in [1.807, 2.05) is 0 Å². The second-order valence-electron chi connectivity index (χ2n) is 6.46. The molecule has 0 unspecified atom stereocenters. The fourth-order valence-corrected chi connectivity index (χ4v) is 1.91. The smallest absolute Gasteiger partial charge is 0.412 e. The molecule has 1 aromatic carbocycles. The summed E-state index contributed by atoms with van der Waals surface area (Å²) in [5, 5.41) is 5.38. The summed E-state index contributed by atoms with van der Waals surface area (Å²) in [5.41, 5.74) is 0.669. The molecule has 0 aromatic heterocycles. The number of benzene rings is 1. The third-order valence-corrected chi connectivity index (χ3v) is 3.06. The minimum Gasteiger partial charge on any atom is -0.444 e. The van der Waals surface area contributed by atoms with Gasteiger partial charge in [0, 0.05) is 19.3 Å². The number of hydrogen-bond donors (Lipinski definition) is 2. The first-order valence-electron chi connectivity index (χ1n) is 7.84. The van der Waals surface area contributed by atoms with Crippen molar-refractivity contribution < 1.29 is 19.1 Å². The molecule has 1 aromatic rings. The molecule has 0 aliphatic rings. The molecular weight excluding hydrogens is 322 g/mol. The van der Waals surface area contributed by atoms with Gasteiger partial charge in [-0.1, -0.05) is 24.8 Å². The van der Waals surface area contributed by atoms with Crippen LogP contribution >= 0.6 is 0 Å². The molecule has 3 amide bonds. The topological polar surface area (TPSA) is 87.7 Å². The quantitative estimate of drug-likeness (QED) is 0.773. The van der Waals surface area contributed by atoms with Crippen LogP contribution in [0.3, 0.4) is 0 Å². The first-order chi connectivity index (χ1) is 11.6. The summed E-state index contributed by atoms with van der Waals surface area (Å²) >= 11 is 0. The van der Waals surface area contributed by atoms with Crippen molar-refractivity contribution in [2.75, 3.05) is 18.9 Å². The summed E-state index contributed by atoms with van der Waals surface area (Å²) in [5.74, 6) is -0.646. The summed E-state index contributed by atoms with van der Waals surface area (Å²) < 4.78 is 5.22. The van der Waals surface area contributed by atoms with E-state index in [2.05, 4.69) is 17.2 Å². The number of likely N-dealkylation sites (N-methyl/N-ethyl adjacent to an activating group) is 1. The van der Waals surface area contributed by atoms with Gasteiger partial charge in [0.25, 0.3) is 0 Å². The first-order valence-corrected chi connectivity index (χ1v) is 7.84. The van der Waals surface area contributed by atoms with Gasteiger partial charge in [-0.15, -0.1) is 0 Å². The zero-order valence-corrected chi connectivity index (χ0v) is 15.1. The Balaban J connectivity index is 2.65. The van der Waals surface area contributed by atoms with E-state index in [4.69, 9.17) is 4.74 Å². The van der Waals surface area contributed by atoms with Crippen LogP contribution in [0.15, 0.2) is 36.9 Å². The molecule has 25 heavy (non-hydrogen) atoms. The average molecular weight is 347 g/mol. The van der Waals surface area contributed by atoms with Crippen LogP contribution in [0.2, 0.25) is 0 Å². The summed E-state index contributed by atoms with van der Waals surface area (Å²) in [6, 6.07) is 7.08. The summed E-state index contributed by atoms with van der Waals surface area (Å²) in [6.45, 7) is 8.84. The highest BCUT2D eigenvalue weighted by Gasteiger charge is 2.17. The number of carbonyl (C=O) groups excluding carboxylic acids is 3. The predicted molar refractivity (Wildman–Crippen MR) is 96.0 cm³/mol. The van der Waals surface area contributed by atoms with Crippen molar-refractivity contribution in [3.8, 4) is 0 Å². The number of anilines is 1. The van der Waals surface area contributed by atoms with Crippen LogP contribution < -0.4 is 10.6 Å². The molecule has 0 saturated carbocycles. The second kappa shape index (κ2) is 8.86. The SMILES string of the molecule is C=CC(=O)N(C)CC(=O)NCc1ccccc1NC(=O)OC(C)(C)C. The third-order valence-electron chi connectivity index (χ3n) is 3.06. The van der Waals surface area contributed by atoms with Gasteiger partial charge in [-0.05, 0) is 38.5 Å². The van der Waals surface area contributed by atoms with E-state index in [0.29, 0.717) is 5.69 Å². The molecule has 0 saturated heterocycles. The summed E-state index contributed by atoms with van der Waals surface area (Å²) in [4.78, 5) is 36.4. The molecule has 0 fully saturated rings. The molecule has 0 spiro atoms. The minimum absolute atomic E-state index is 0.0769. The predicted octanol–water partition coefficient (Wildman–Crippen LogP) is 2.29. The highest BCUT2D eigenvalue weighted by Crippen LogP contribution is 2.16. The lowest BCUT2D eigenvalue weighted by molar-refractivity contribution is -0.131. The Bertz CT molecular complexity index is 650. The van der Waals surface area contributed by atoms with Crippen molar-refractivity contribution in [3.63, 3.8) is 0 Å². The maximum Gasteiger partial charge on any atom is 0.412 e. The van der Waals surface area contributed by atoms with E-state index >= 15 is 0 Å². The Labute approximate surface area is 148 Å². The number of carbonyl (C=O) groups is 3. The average Bonchev–Trinajstić information content (AvgIpc) is 2.51. The minimum atomic E-state index is -0.602. The van der Waals surface area contributed by atoms with E-state index < -0.39 is 11.7 Å². The van der Waals surface area contributed by atoms with Gasteiger partial charge >= 0.3 is 6.09 Å². The van der Waals surface area contributed by atoms with Crippen molar-refractivity contribution in [3.05, 3.63) is 42.5 Å². The van der Waals surface area contributed by atoms with Crippen LogP contribution in [0.4, 0.5) is 10.5 Å². The lowest BCUT2D eigenvalue weighted by Crippen LogP contribution is -2.37. The molecule has 0 aliphatic carbocycles. The van der Waals surface area contributed by atoms with E-state index in [0.717, 1.165) is 11.6 Å². The molecule has 7 nitrogen and oxygen atoms in total. The zero-order chi connectivity index (χ0) is 19.0. The maximum atomic E-state index is 11.9. The molecule has 2 N–H and O–H groups in total. The van der Waals surface area contributed by atoms with Crippen LogP contribution in [0.5, 0.6) is 0 Å². The van der Waals surface area contributed by atoms with Crippen LogP contribution in [-0.2, 0) is 20.9 Å². The van der Waals surface area contributed by atoms with Crippen molar-refractivity contribution in [2.24, 2.45) is 0 Å². The van der Waals surface area contributed by atoms with Gasteiger partial charge in [0.05, 0.1) is 6.54 Å². The van der Waals surface area contributed by atoms with Gasteiger partial charge in [-0.25, -0.2) is 4.79 Å². The van der Waals surface area contributed by atoms with Crippen LogP contribution in [0.25, 0.3) is 0 Å². The Morgan fingerprint density at radius 3 is 2.48 bits per heavy atom. The van der Waals surface area contributed by atoms with E-state index in [1.54, 1.807) is 45.0 Å². The third kappa shape index (κ3) is 7.52. The largest absolute Gasteiger partial charge is 0.444 e. The molecule has 0 atom stereocenters. The fraction of sp³-hybridized carbons (Fsp3) is 0.389. The second-order valence-corrected chi connectivity index (χ2v) is 6.46. The van der Waals surface area contributed by atoms with Crippen molar-refractivity contribution in [1.29, 1.82) is 0 Å². The standard InChI is InChI=1S/C18H25N3O4/c1-6-16(23)21(5)12-15(22)19-11-13-9-7-8-10-14(13)20-17(24)25-18(2,3)4/h6-10H,1,11-12H2,2-5H3,(H,19,22)(H,20,24). The Hall–Kier alpha value is -2.83. The van der Waals surface area contributed by atoms with Crippen LogP contribution in [0, 0.1) is 0 Å². The lowest BCUT2D eigenvalue weighted by atomic mass is 10.1. The lowest BCUT2D eigenvalue weighted by Gasteiger charge is -2.20. The normalized spacial score (nSPS) is 10.6. The van der Waals surface area contributed by atoms with Gasteiger partial charge < -0.3 is 15.0 Å². The number of ether oxygens (including phenoxy) is 1. The number of para-hydroxylation sites is 1. The summed E-state index contributed by atoms with van der Waals surface area (Å²) in [7, 11) is 1.52. The monoisotopic (exact) mass is 347 g/mol. The number of rotatable bonds is 6. The number of nitrogens with zero attached hydrogens (tertiary/aromatic N) is 1. The van der Waals surface area contributed by atoms with E-state index in [9.17, 15) is 14.4 Å². The van der Waals surface area contributed by atoms with Crippen LogP contribution in [-0.4, -0.2) is 42.0 Å². The molecule has 0 radical (unpaired) electrons. The van der Waals surface area contributed by atoms with Gasteiger partial charge in [0.2, 0.25) is 11.8 Å². The van der Waals surface area contributed by atoms with Crippen molar-refractivity contribution in [1.82, 2.24) is 10.2 Å². The molecule has 0 aliphatic heterocycles. The maximum absolute atomic E-state index is 11.9. The van der Waals surface area contributed by atoms with Gasteiger partial charge in [0.1, 0.15) is 5.60 Å². The molecular formula is C18H25N3O4.